The number of carbonyl (C=O) groups is 1. The monoisotopic (exact) mass is 396 g/mol. The third kappa shape index (κ3) is 2.81. The van der Waals surface area contributed by atoms with Crippen molar-refractivity contribution in [3.8, 4) is 11.6 Å². The van der Waals surface area contributed by atoms with Crippen molar-refractivity contribution in [1.82, 2.24) is 34.7 Å². The third-order valence-electron chi connectivity index (χ3n) is 5.33. The number of esters is 1. The lowest BCUT2D eigenvalue weighted by Gasteiger charge is -2.29. The number of furan rings is 1. The van der Waals surface area contributed by atoms with Crippen LogP contribution in [0.15, 0.2) is 29.0 Å². The van der Waals surface area contributed by atoms with Gasteiger partial charge in [-0.25, -0.2) is 14.5 Å². The van der Waals surface area contributed by atoms with Crippen LogP contribution in [0.3, 0.4) is 0 Å². The van der Waals surface area contributed by atoms with E-state index in [1.807, 2.05) is 0 Å². The molecule has 1 aliphatic rings. The molecule has 1 unspecified atom stereocenters. The van der Waals surface area contributed by atoms with Crippen molar-refractivity contribution in [3.63, 3.8) is 0 Å². The zero-order valence-electron chi connectivity index (χ0n) is 15.8. The highest BCUT2D eigenvalue weighted by Gasteiger charge is 2.34. The molecule has 5 heterocycles. The summed E-state index contributed by atoms with van der Waals surface area (Å²) >= 11 is 0. The maximum absolute atomic E-state index is 12.7. The van der Waals surface area contributed by atoms with E-state index in [9.17, 15) is 4.79 Å². The first-order valence-electron chi connectivity index (χ1n) is 9.39. The highest BCUT2D eigenvalue weighted by molar-refractivity contribution is 5.91. The van der Waals surface area contributed by atoms with Crippen LogP contribution in [-0.4, -0.2) is 55.5 Å². The predicted octanol–water partition coefficient (Wildman–Crippen LogP) is 1.03. The number of piperidine rings is 1. The van der Waals surface area contributed by atoms with Crippen molar-refractivity contribution >= 4 is 28.6 Å². The molecule has 4 aromatic heterocycles. The Kier molecular flexibility index (Phi) is 4.16. The molecule has 4 aromatic rings. The van der Waals surface area contributed by atoms with E-state index in [0.717, 1.165) is 25.9 Å². The van der Waals surface area contributed by atoms with Crippen molar-refractivity contribution in [2.75, 3.05) is 25.9 Å². The number of rotatable bonds is 4. The van der Waals surface area contributed by atoms with Gasteiger partial charge in [0.25, 0.3) is 0 Å². The molecule has 1 saturated heterocycles. The first kappa shape index (κ1) is 17.6. The second kappa shape index (κ2) is 6.85. The van der Waals surface area contributed by atoms with E-state index >= 15 is 0 Å². The fraction of sp³-hybridized carbons (Fsp3) is 0.389. The van der Waals surface area contributed by atoms with Gasteiger partial charge in [-0.2, -0.15) is 14.6 Å². The zero-order valence-corrected chi connectivity index (χ0v) is 15.8. The largest absolute Gasteiger partial charge is 0.467 e. The third-order valence-corrected chi connectivity index (χ3v) is 5.33. The molecule has 0 bridgehead atoms. The number of methoxy groups -OCH3 is 1. The highest BCUT2D eigenvalue weighted by Crippen LogP contribution is 2.31. The number of ether oxygens (including phenoxy) is 1. The minimum atomic E-state index is -0.582. The van der Waals surface area contributed by atoms with Crippen LogP contribution in [0.2, 0.25) is 0 Å². The molecular formula is C18H20N8O3. The lowest BCUT2D eigenvalue weighted by atomic mass is 9.90. The Morgan fingerprint density at radius 1 is 1.34 bits per heavy atom. The number of nitrogens with zero attached hydrogens (tertiary/aromatic N) is 6. The second-order valence-corrected chi connectivity index (χ2v) is 7.00. The van der Waals surface area contributed by atoms with Crippen molar-refractivity contribution in [2.24, 2.45) is 5.92 Å². The van der Waals surface area contributed by atoms with Gasteiger partial charge < -0.3 is 20.2 Å². The molecule has 1 fully saturated rings. The molecule has 11 nitrogen and oxygen atoms in total. The van der Waals surface area contributed by atoms with E-state index in [2.05, 4.69) is 25.5 Å². The van der Waals surface area contributed by atoms with Crippen LogP contribution in [0.25, 0.3) is 28.3 Å². The van der Waals surface area contributed by atoms with Crippen LogP contribution in [0.4, 0.5) is 5.95 Å². The number of nitrogen functional groups attached to an aromatic ring is 1. The van der Waals surface area contributed by atoms with Crippen LogP contribution in [0.1, 0.15) is 18.9 Å². The van der Waals surface area contributed by atoms with E-state index in [4.69, 9.17) is 14.9 Å². The van der Waals surface area contributed by atoms with Crippen LogP contribution < -0.4 is 11.1 Å². The number of hydrogen-bond acceptors (Lipinski definition) is 9. The Balaban J connectivity index is 1.67. The maximum Gasteiger partial charge on any atom is 0.331 e. The lowest BCUT2D eigenvalue weighted by Crippen LogP contribution is -2.37. The lowest BCUT2D eigenvalue weighted by molar-refractivity contribution is -0.147. The first-order chi connectivity index (χ1) is 14.2. The Morgan fingerprint density at radius 2 is 2.17 bits per heavy atom. The predicted molar refractivity (Wildman–Crippen MR) is 103 cm³/mol. The second-order valence-electron chi connectivity index (χ2n) is 7.00. The molecule has 1 atom stereocenters. The number of fused-ring (bicyclic) bond motifs is 3. The van der Waals surface area contributed by atoms with E-state index in [0.29, 0.717) is 28.3 Å². The molecule has 0 radical (unpaired) electrons. The minimum absolute atomic E-state index is 0.0857. The van der Waals surface area contributed by atoms with E-state index in [-0.39, 0.29) is 17.8 Å². The van der Waals surface area contributed by atoms with Crippen molar-refractivity contribution in [1.29, 1.82) is 0 Å². The van der Waals surface area contributed by atoms with Gasteiger partial charge in [-0.3, -0.25) is 0 Å². The quantitative estimate of drug-likeness (QED) is 0.484. The summed E-state index contributed by atoms with van der Waals surface area (Å²) in [7, 11) is 1.39. The maximum atomic E-state index is 12.7. The molecule has 0 aliphatic carbocycles. The molecule has 0 aromatic carbocycles. The standard InChI is InChI=1S/C18H20N8O3/c1-28-17(27)13(10-4-6-20-7-5-10)25-16-11(9-21-25)15-22-14(12-3-2-8-29-12)24-26(15)18(19)23-16/h2-3,8-10,13,20H,4-7H2,1H3,(H2,19,23). The topological polar surface area (TPSA) is 138 Å². The first-order valence-corrected chi connectivity index (χ1v) is 9.39. The summed E-state index contributed by atoms with van der Waals surface area (Å²) in [6.07, 6.45) is 4.86. The number of aromatic nitrogens is 6. The number of nitrogens with one attached hydrogen (secondary N) is 1. The SMILES string of the molecule is COC(=O)C(C1CCNCC1)n1ncc2c1nc(N)n1nc(-c3ccco3)nc21. The smallest absolute Gasteiger partial charge is 0.331 e. The Morgan fingerprint density at radius 3 is 2.90 bits per heavy atom. The number of anilines is 1. The van der Waals surface area contributed by atoms with E-state index < -0.39 is 6.04 Å². The van der Waals surface area contributed by atoms with Gasteiger partial charge in [-0.1, -0.05) is 0 Å². The Bertz CT molecular complexity index is 1170. The number of carbonyl (C=O) groups excluding carboxylic acids is 1. The summed E-state index contributed by atoms with van der Waals surface area (Å²) in [5, 5.41) is 12.8. The molecule has 0 spiro atoms. The fourth-order valence-corrected chi connectivity index (χ4v) is 3.91. The average molecular weight is 396 g/mol. The molecule has 11 heteroatoms. The van der Waals surface area contributed by atoms with Gasteiger partial charge in [0.15, 0.2) is 23.1 Å². The summed E-state index contributed by atoms with van der Waals surface area (Å²) in [6.45, 7) is 1.68. The summed E-state index contributed by atoms with van der Waals surface area (Å²) in [4.78, 5) is 21.7. The fourth-order valence-electron chi connectivity index (χ4n) is 3.91. The van der Waals surface area contributed by atoms with Crippen LogP contribution in [0.5, 0.6) is 0 Å². The van der Waals surface area contributed by atoms with Gasteiger partial charge in [0.2, 0.25) is 11.8 Å². The average Bonchev–Trinajstić information content (AvgIpc) is 3.48. The van der Waals surface area contributed by atoms with Crippen LogP contribution in [-0.2, 0) is 9.53 Å². The molecule has 0 amide bonds. The van der Waals surface area contributed by atoms with Crippen molar-refractivity contribution < 1.29 is 13.9 Å². The van der Waals surface area contributed by atoms with E-state index in [1.54, 1.807) is 29.3 Å². The molecule has 5 rings (SSSR count). The van der Waals surface area contributed by atoms with Gasteiger partial charge in [0.1, 0.15) is 0 Å². The molecule has 0 saturated carbocycles. The molecule has 3 N–H and O–H groups in total. The summed E-state index contributed by atoms with van der Waals surface area (Å²) in [5.41, 5.74) is 7.13. The van der Waals surface area contributed by atoms with Gasteiger partial charge in [0, 0.05) is 0 Å². The highest BCUT2D eigenvalue weighted by atomic mass is 16.5. The minimum Gasteiger partial charge on any atom is -0.467 e. The molecule has 1 aliphatic heterocycles. The van der Waals surface area contributed by atoms with Gasteiger partial charge in [-0.15, -0.1) is 5.10 Å². The van der Waals surface area contributed by atoms with Gasteiger partial charge >= 0.3 is 5.97 Å². The van der Waals surface area contributed by atoms with Gasteiger partial charge in [-0.05, 0) is 44.0 Å². The molecule has 150 valence electrons. The summed E-state index contributed by atoms with van der Waals surface area (Å²) in [5.74, 6) is 0.804. The number of nitrogens with two attached hydrogens (primary N) is 1. The Hall–Kier alpha value is -3.47. The van der Waals surface area contributed by atoms with Crippen LogP contribution in [0, 0.1) is 5.92 Å². The van der Waals surface area contributed by atoms with E-state index in [1.165, 1.54) is 11.6 Å². The number of hydrogen-bond donors (Lipinski definition) is 2. The summed E-state index contributed by atoms with van der Waals surface area (Å²) < 4.78 is 13.5. The van der Waals surface area contributed by atoms with Crippen LogP contribution >= 0.6 is 0 Å². The molecular weight excluding hydrogens is 376 g/mol. The summed E-state index contributed by atoms with van der Waals surface area (Å²) in [6, 6.07) is 2.95. The van der Waals surface area contributed by atoms with Crippen molar-refractivity contribution in [2.45, 2.75) is 18.9 Å². The van der Waals surface area contributed by atoms with Gasteiger partial charge in [0.05, 0.1) is 25.0 Å². The normalized spacial score (nSPS) is 16.4. The van der Waals surface area contributed by atoms with Crippen molar-refractivity contribution in [3.05, 3.63) is 24.6 Å². The zero-order chi connectivity index (χ0) is 20.0. The Labute approximate surface area is 164 Å². The molecule has 29 heavy (non-hydrogen) atoms.